The first-order valence-corrected chi connectivity index (χ1v) is 13.0. The number of benzene rings is 3. The molecule has 5 rings (SSSR count). The normalized spacial score (nSPS) is 15.4. The van der Waals surface area contributed by atoms with Crippen LogP contribution in [0.5, 0.6) is 17.2 Å². The number of fused-ring (bicyclic) bond motifs is 1. The second-order valence-electron chi connectivity index (χ2n) is 10.0. The van der Waals surface area contributed by atoms with Crippen LogP contribution in [0, 0.1) is 13.8 Å². The van der Waals surface area contributed by atoms with Gasteiger partial charge in [-0.15, -0.1) is 0 Å². The maximum absolute atomic E-state index is 13.0. The molecule has 0 amide bonds. The van der Waals surface area contributed by atoms with Gasteiger partial charge in [-0.1, -0.05) is 36.4 Å². The average Bonchev–Trinajstić information content (AvgIpc) is 2.90. The van der Waals surface area contributed by atoms with Gasteiger partial charge in [0.25, 0.3) is 0 Å². The summed E-state index contributed by atoms with van der Waals surface area (Å²) in [5.74, 6) is 1.27. The van der Waals surface area contributed by atoms with E-state index in [4.69, 9.17) is 13.9 Å². The third kappa shape index (κ3) is 6.61. The van der Waals surface area contributed by atoms with Gasteiger partial charge in [0, 0.05) is 45.3 Å². The Kier molecular flexibility index (Phi) is 8.08. The molecule has 1 aliphatic heterocycles. The predicted octanol–water partition coefficient (Wildman–Crippen LogP) is 4.76. The van der Waals surface area contributed by atoms with E-state index in [1.165, 1.54) is 11.8 Å². The van der Waals surface area contributed by atoms with Gasteiger partial charge in [-0.3, -0.25) is 14.6 Å². The van der Waals surface area contributed by atoms with Gasteiger partial charge in [-0.2, -0.15) is 0 Å². The highest BCUT2D eigenvalue weighted by Crippen LogP contribution is 2.25. The van der Waals surface area contributed by atoms with E-state index < -0.39 is 6.10 Å². The number of rotatable bonds is 9. The molecule has 1 atom stereocenters. The molecule has 4 aromatic rings. The Bertz CT molecular complexity index is 1410. The van der Waals surface area contributed by atoms with Crippen molar-refractivity contribution >= 4 is 11.0 Å². The molecule has 0 radical (unpaired) electrons. The second kappa shape index (κ2) is 11.8. The maximum Gasteiger partial charge on any atom is 0.235 e. The van der Waals surface area contributed by atoms with E-state index in [0.717, 1.165) is 43.9 Å². The number of hydrogen-bond acceptors (Lipinski definition) is 7. The lowest BCUT2D eigenvalue weighted by Crippen LogP contribution is -2.48. The summed E-state index contributed by atoms with van der Waals surface area (Å²) in [6, 6.07) is 21.4. The molecule has 2 heterocycles. The number of nitrogens with zero attached hydrogens (tertiary/aromatic N) is 2. The first kappa shape index (κ1) is 26.0. The van der Waals surface area contributed by atoms with Crippen LogP contribution in [-0.2, 0) is 6.54 Å². The molecule has 1 aliphatic rings. The molecule has 1 saturated heterocycles. The van der Waals surface area contributed by atoms with Crippen molar-refractivity contribution in [2.75, 3.05) is 39.3 Å². The number of aliphatic hydroxyl groups excluding tert-OH is 1. The fourth-order valence-corrected chi connectivity index (χ4v) is 4.88. The summed E-state index contributed by atoms with van der Waals surface area (Å²) < 4.78 is 17.3. The summed E-state index contributed by atoms with van der Waals surface area (Å²) in [5, 5.41) is 11.0. The van der Waals surface area contributed by atoms with Crippen LogP contribution in [0.15, 0.2) is 82.2 Å². The third-order valence-corrected chi connectivity index (χ3v) is 6.76. The standard InChI is InChI=1S/C31H34N2O5/c1-22-14-23(2)16-27(15-22)38-30-21-37-29-17-26(8-9-28(29)31(30)35)36-20-25(34)19-33-12-10-32(11-13-33)18-24-6-4-3-5-7-24/h3-9,14-17,21,25,34H,10-13,18-20H2,1-2H3/t25-/m0/s1. The molecule has 0 saturated carbocycles. The lowest BCUT2D eigenvalue weighted by Gasteiger charge is -2.35. The molecule has 1 aromatic heterocycles. The fraction of sp³-hybridized carbons (Fsp3) is 0.323. The van der Waals surface area contributed by atoms with E-state index in [9.17, 15) is 9.90 Å². The van der Waals surface area contributed by atoms with Crippen LogP contribution < -0.4 is 14.9 Å². The average molecular weight is 515 g/mol. The molecule has 3 aromatic carbocycles. The molecule has 0 aliphatic carbocycles. The summed E-state index contributed by atoms with van der Waals surface area (Å²) >= 11 is 0. The first-order chi connectivity index (χ1) is 18.4. The van der Waals surface area contributed by atoms with Gasteiger partial charge in [-0.25, -0.2) is 0 Å². The zero-order chi connectivity index (χ0) is 26.5. The molecule has 0 unspecified atom stereocenters. The number of aliphatic hydroxyl groups is 1. The summed E-state index contributed by atoms with van der Waals surface area (Å²) in [4.78, 5) is 17.7. The largest absolute Gasteiger partial charge is 0.491 e. The first-order valence-electron chi connectivity index (χ1n) is 13.0. The number of aryl methyl sites for hydroxylation is 2. The molecule has 38 heavy (non-hydrogen) atoms. The van der Waals surface area contributed by atoms with Crippen molar-refractivity contribution in [2.24, 2.45) is 0 Å². The minimum atomic E-state index is -0.619. The summed E-state index contributed by atoms with van der Waals surface area (Å²) in [6.45, 7) is 9.41. The van der Waals surface area contributed by atoms with Crippen molar-refractivity contribution in [2.45, 2.75) is 26.5 Å². The Morgan fingerprint density at radius 1 is 0.895 bits per heavy atom. The summed E-state index contributed by atoms with van der Waals surface area (Å²) in [7, 11) is 0. The minimum absolute atomic E-state index is 0.135. The van der Waals surface area contributed by atoms with Crippen molar-refractivity contribution in [3.63, 3.8) is 0 Å². The molecule has 0 spiro atoms. The van der Waals surface area contributed by atoms with E-state index >= 15 is 0 Å². The third-order valence-electron chi connectivity index (χ3n) is 6.76. The molecular weight excluding hydrogens is 480 g/mol. The molecule has 1 N–H and O–H groups in total. The van der Waals surface area contributed by atoms with E-state index in [0.29, 0.717) is 29.0 Å². The minimum Gasteiger partial charge on any atom is -0.491 e. The topological polar surface area (TPSA) is 75.4 Å². The Morgan fingerprint density at radius 2 is 1.61 bits per heavy atom. The Labute approximate surface area is 222 Å². The molecule has 0 bridgehead atoms. The van der Waals surface area contributed by atoms with E-state index in [1.54, 1.807) is 18.2 Å². The fourth-order valence-electron chi connectivity index (χ4n) is 4.88. The van der Waals surface area contributed by atoms with Crippen LogP contribution in [0.1, 0.15) is 16.7 Å². The second-order valence-corrected chi connectivity index (χ2v) is 10.0. The highest BCUT2D eigenvalue weighted by molar-refractivity contribution is 5.79. The smallest absolute Gasteiger partial charge is 0.235 e. The highest BCUT2D eigenvalue weighted by atomic mass is 16.5. The molecule has 1 fully saturated rings. The Balaban J connectivity index is 1.13. The number of ether oxygens (including phenoxy) is 2. The Hall–Kier alpha value is -3.65. The monoisotopic (exact) mass is 514 g/mol. The summed E-state index contributed by atoms with van der Waals surface area (Å²) in [5.41, 5.74) is 3.59. The number of hydrogen-bond donors (Lipinski definition) is 1. The zero-order valence-corrected chi connectivity index (χ0v) is 21.9. The Morgan fingerprint density at radius 3 is 2.34 bits per heavy atom. The maximum atomic E-state index is 13.0. The van der Waals surface area contributed by atoms with E-state index in [-0.39, 0.29) is 17.8 Å². The van der Waals surface area contributed by atoms with Crippen molar-refractivity contribution in [3.05, 3.63) is 99.9 Å². The molecule has 7 nitrogen and oxygen atoms in total. The van der Waals surface area contributed by atoms with Gasteiger partial charge >= 0.3 is 0 Å². The summed E-state index contributed by atoms with van der Waals surface area (Å²) in [6.07, 6.45) is 0.713. The van der Waals surface area contributed by atoms with Crippen molar-refractivity contribution in [3.8, 4) is 17.2 Å². The molecule has 7 heteroatoms. The van der Waals surface area contributed by atoms with Gasteiger partial charge in [0.15, 0.2) is 0 Å². The van der Waals surface area contributed by atoms with E-state index in [1.807, 2.05) is 38.1 Å². The van der Waals surface area contributed by atoms with Gasteiger partial charge in [-0.05, 0) is 54.8 Å². The van der Waals surface area contributed by atoms with Gasteiger partial charge in [0.05, 0.1) is 5.39 Å². The SMILES string of the molecule is Cc1cc(C)cc(Oc2coc3cc(OC[C@@H](O)CN4CCN(Cc5ccccc5)CC4)ccc3c2=O)c1. The lowest BCUT2D eigenvalue weighted by atomic mass is 10.1. The zero-order valence-electron chi connectivity index (χ0n) is 21.9. The number of β-amino-alcohol motifs (C(OH)–C–C–N with tert-alkyl or cyclic N) is 1. The quantitative estimate of drug-likeness (QED) is 0.345. The van der Waals surface area contributed by atoms with Gasteiger partial charge in [0.2, 0.25) is 11.2 Å². The van der Waals surface area contributed by atoms with Crippen LogP contribution in [0.4, 0.5) is 0 Å². The van der Waals surface area contributed by atoms with Crippen LogP contribution in [0.25, 0.3) is 11.0 Å². The van der Waals surface area contributed by atoms with Crippen LogP contribution in [0.3, 0.4) is 0 Å². The molecular formula is C31H34N2O5. The van der Waals surface area contributed by atoms with E-state index in [2.05, 4.69) is 34.1 Å². The lowest BCUT2D eigenvalue weighted by molar-refractivity contribution is 0.0446. The van der Waals surface area contributed by atoms with Crippen molar-refractivity contribution in [1.29, 1.82) is 0 Å². The van der Waals surface area contributed by atoms with Crippen molar-refractivity contribution < 1.29 is 19.0 Å². The van der Waals surface area contributed by atoms with Crippen LogP contribution >= 0.6 is 0 Å². The van der Waals surface area contributed by atoms with Gasteiger partial charge in [0.1, 0.15) is 36.1 Å². The van der Waals surface area contributed by atoms with Crippen LogP contribution in [0.2, 0.25) is 0 Å². The molecule has 198 valence electrons. The number of piperazine rings is 1. The highest BCUT2D eigenvalue weighted by Gasteiger charge is 2.20. The predicted molar refractivity (Wildman–Crippen MR) is 148 cm³/mol. The van der Waals surface area contributed by atoms with Crippen LogP contribution in [-0.4, -0.2) is 60.3 Å². The van der Waals surface area contributed by atoms with Gasteiger partial charge < -0.3 is 19.0 Å². The van der Waals surface area contributed by atoms with Crippen molar-refractivity contribution in [1.82, 2.24) is 9.80 Å².